The van der Waals surface area contributed by atoms with Crippen LogP contribution >= 0.6 is 15.9 Å². The predicted octanol–water partition coefficient (Wildman–Crippen LogP) is 2.78. The third kappa shape index (κ3) is 3.94. The zero-order chi connectivity index (χ0) is 20.3. The average molecular weight is 448 g/mol. The summed E-state index contributed by atoms with van der Waals surface area (Å²) in [7, 11) is 2.94. The number of carbonyl (C=O) groups excluding carboxylic acids is 3. The molecule has 0 bridgehead atoms. The Kier molecular flexibility index (Phi) is 5.84. The summed E-state index contributed by atoms with van der Waals surface area (Å²) >= 11 is 3.32. The second-order valence-electron chi connectivity index (χ2n) is 5.95. The third-order valence-corrected chi connectivity index (χ3v) is 4.76. The lowest BCUT2D eigenvalue weighted by molar-refractivity contribution is -0.130. The smallest absolute Gasteiger partial charge is 0.328 e. The summed E-state index contributed by atoms with van der Waals surface area (Å²) in [6.45, 7) is -0.0795. The van der Waals surface area contributed by atoms with Gasteiger partial charge >= 0.3 is 6.03 Å². The van der Waals surface area contributed by atoms with Crippen molar-refractivity contribution in [2.45, 2.75) is 0 Å². The van der Waals surface area contributed by atoms with Crippen molar-refractivity contribution in [3.63, 3.8) is 0 Å². The van der Waals surface area contributed by atoms with Crippen molar-refractivity contribution in [3.8, 4) is 11.5 Å². The Morgan fingerprint density at radius 1 is 1.11 bits per heavy atom. The van der Waals surface area contributed by atoms with E-state index in [2.05, 4.69) is 26.6 Å². The SMILES string of the molecule is COc1ccc(N2C(=O)NCC(C(=O)Nc3ccc(Br)cc3)C2=O)cc1OC. The van der Waals surface area contributed by atoms with Crippen LogP contribution in [0, 0.1) is 5.92 Å². The Balaban J connectivity index is 1.83. The largest absolute Gasteiger partial charge is 0.493 e. The minimum atomic E-state index is -1.06. The van der Waals surface area contributed by atoms with Crippen molar-refractivity contribution in [2.24, 2.45) is 5.92 Å². The number of rotatable bonds is 5. The van der Waals surface area contributed by atoms with Crippen LogP contribution in [0.4, 0.5) is 16.2 Å². The molecule has 2 aromatic rings. The lowest BCUT2D eigenvalue weighted by Gasteiger charge is -2.31. The summed E-state index contributed by atoms with van der Waals surface area (Å²) in [6, 6.07) is 11.0. The molecule has 2 aromatic carbocycles. The van der Waals surface area contributed by atoms with E-state index in [1.807, 2.05) is 0 Å². The number of ether oxygens (including phenoxy) is 2. The zero-order valence-electron chi connectivity index (χ0n) is 15.2. The topological polar surface area (TPSA) is 97.0 Å². The van der Waals surface area contributed by atoms with Crippen molar-refractivity contribution >= 4 is 45.2 Å². The number of hydrogen-bond acceptors (Lipinski definition) is 5. The molecule has 28 heavy (non-hydrogen) atoms. The number of anilines is 2. The highest BCUT2D eigenvalue weighted by molar-refractivity contribution is 9.10. The normalized spacial score (nSPS) is 16.4. The molecule has 8 nitrogen and oxygen atoms in total. The summed E-state index contributed by atoms with van der Waals surface area (Å²) in [5.74, 6) is -1.36. The Morgan fingerprint density at radius 3 is 2.43 bits per heavy atom. The molecular weight excluding hydrogens is 430 g/mol. The van der Waals surface area contributed by atoms with Crippen LogP contribution in [-0.2, 0) is 9.59 Å². The van der Waals surface area contributed by atoms with E-state index in [1.54, 1.807) is 36.4 Å². The van der Waals surface area contributed by atoms with Gasteiger partial charge in [-0.15, -0.1) is 0 Å². The van der Waals surface area contributed by atoms with Crippen LogP contribution in [0.5, 0.6) is 11.5 Å². The monoisotopic (exact) mass is 447 g/mol. The summed E-state index contributed by atoms with van der Waals surface area (Å²) in [5.41, 5.74) is 0.830. The minimum Gasteiger partial charge on any atom is -0.493 e. The van der Waals surface area contributed by atoms with Gasteiger partial charge in [-0.3, -0.25) is 9.59 Å². The number of amides is 4. The van der Waals surface area contributed by atoms with Gasteiger partial charge in [0.15, 0.2) is 11.5 Å². The molecule has 1 fully saturated rings. The number of halogens is 1. The van der Waals surface area contributed by atoms with Gasteiger partial charge in [0.1, 0.15) is 5.92 Å². The molecule has 0 saturated carbocycles. The van der Waals surface area contributed by atoms with Gasteiger partial charge in [0.05, 0.1) is 19.9 Å². The van der Waals surface area contributed by atoms with E-state index in [9.17, 15) is 14.4 Å². The summed E-state index contributed by atoms with van der Waals surface area (Å²) < 4.78 is 11.3. The Bertz CT molecular complexity index is 916. The van der Waals surface area contributed by atoms with Crippen LogP contribution in [0.3, 0.4) is 0 Å². The molecule has 9 heteroatoms. The molecule has 4 amide bonds. The molecule has 1 atom stereocenters. The molecule has 146 valence electrons. The highest BCUT2D eigenvalue weighted by Gasteiger charge is 2.39. The van der Waals surface area contributed by atoms with Crippen LogP contribution in [0.15, 0.2) is 46.9 Å². The molecule has 1 heterocycles. The van der Waals surface area contributed by atoms with Gasteiger partial charge in [-0.1, -0.05) is 15.9 Å². The molecule has 0 aromatic heterocycles. The molecular formula is C19H18BrN3O5. The van der Waals surface area contributed by atoms with Crippen molar-refractivity contribution < 1.29 is 23.9 Å². The Labute approximate surface area is 169 Å². The Morgan fingerprint density at radius 2 is 1.79 bits per heavy atom. The number of imide groups is 1. The summed E-state index contributed by atoms with van der Waals surface area (Å²) in [5, 5.41) is 5.27. The van der Waals surface area contributed by atoms with E-state index in [1.165, 1.54) is 20.3 Å². The van der Waals surface area contributed by atoms with Crippen LogP contribution in [0.2, 0.25) is 0 Å². The van der Waals surface area contributed by atoms with Crippen LogP contribution < -0.4 is 25.0 Å². The number of nitrogens with zero attached hydrogens (tertiary/aromatic N) is 1. The highest BCUT2D eigenvalue weighted by atomic mass is 79.9. The Hall–Kier alpha value is -3.07. The molecule has 1 unspecified atom stereocenters. The van der Waals surface area contributed by atoms with E-state index in [-0.39, 0.29) is 12.2 Å². The lowest BCUT2D eigenvalue weighted by atomic mass is 10.0. The number of carbonyl (C=O) groups is 3. The molecule has 1 saturated heterocycles. The molecule has 3 rings (SSSR count). The summed E-state index contributed by atoms with van der Waals surface area (Å²) in [6.07, 6.45) is 0. The van der Waals surface area contributed by atoms with E-state index < -0.39 is 23.8 Å². The average Bonchev–Trinajstić information content (AvgIpc) is 2.69. The van der Waals surface area contributed by atoms with Crippen LogP contribution in [0.1, 0.15) is 0 Å². The molecule has 1 aliphatic rings. The van der Waals surface area contributed by atoms with Gasteiger partial charge in [0.25, 0.3) is 0 Å². The maximum absolute atomic E-state index is 12.9. The van der Waals surface area contributed by atoms with Gasteiger partial charge in [-0.05, 0) is 36.4 Å². The second-order valence-corrected chi connectivity index (χ2v) is 6.86. The summed E-state index contributed by atoms with van der Waals surface area (Å²) in [4.78, 5) is 38.7. The van der Waals surface area contributed by atoms with E-state index in [0.717, 1.165) is 9.37 Å². The molecule has 0 spiro atoms. The number of nitrogens with one attached hydrogen (secondary N) is 2. The molecule has 0 radical (unpaired) electrons. The lowest BCUT2D eigenvalue weighted by Crippen LogP contribution is -2.58. The highest BCUT2D eigenvalue weighted by Crippen LogP contribution is 2.32. The minimum absolute atomic E-state index is 0.0795. The molecule has 0 aliphatic carbocycles. The second kappa shape index (κ2) is 8.30. The van der Waals surface area contributed by atoms with E-state index >= 15 is 0 Å². The standard InChI is InChI=1S/C19H18BrN3O5/c1-27-15-8-7-13(9-16(15)28-2)23-18(25)14(10-21-19(23)26)17(24)22-12-5-3-11(20)4-6-12/h3-9,14H,10H2,1-2H3,(H,21,26)(H,22,24). The van der Waals surface area contributed by atoms with Crippen molar-refractivity contribution in [1.29, 1.82) is 0 Å². The van der Waals surface area contributed by atoms with Crippen molar-refractivity contribution in [2.75, 3.05) is 31.0 Å². The molecule has 1 aliphatic heterocycles. The fourth-order valence-electron chi connectivity index (χ4n) is 2.79. The van der Waals surface area contributed by atoms with Gasteiger partial charge in [0, 0.05) is 22.8 Å². The number of methoxy groups -OCH3 is 2. The third-order valence-electron chi connectivity index (χ3n) is 4.23. The quantitative estimate of drug-likeness (QED) is 0.686. The fourth-order valence-corrected chi connectivity index (χ4v) is 3.05. The van der Waals surface area contributed by atoms with Crippen molar-refractivity contribution in [3.05, 3.63) is 46.9 Å². The van der Waals surface area contributed by atoms with Crippen LogP contribution in [0.25, 0.3) is 0 Å². The van der Waals surface area contributed by atoms with E-state index in [4.69, 9.17) is 9.47 Å². The zero-order valence-corrected chi connectivity index (χ0v) is 16.8. The molecule has 2 N–H and O–H groups in total. The van der Waals surface area contributed by atoms with Crippen LogP contribution in [-0.4, -0.2) is 38.6 Å². The first-order chi connectivity index (χ1) is 13.4. The maximum atomic E-state index is 12.9. The maximum Gasteiger partial charge on any atom is 0.328 e. The van der Waals surface area contributed by atoms with Gasteiger partial charge < -0.3 is 20.1 Å². The predicted molar refractivity (Wildman–Crippen MR) is 107 cm³/mol. The number of benzene rings is 2. The first-order valence-electron chi connectivity index (χ1n) is 8.35. The first kappa shape index (κ1) is 19.7. The first-order valence-corrected chi connectivity index (χ1v) is 9.14. The van der Waals surface area contributed by atoms with Gasteiger partial charge in [-0.25, -0.2) is 9.69 Å². The van der Waals surface area contributed by atoms with E-state index in [0.29, 0.717) is 17.2 Å². The number of urea groups is 1. The number of hydrogen-bond donors (Lipinski definition) is 2. The fraction of sp³-hybridized carbons (Fsp3) is 0.211. The van der Waals surface area contributed by atoms with Gasteiger partial charge in [0.2, 0.25) is 11.8 Å². The van der Waals surface area contributed by atoms with Crippen molar-refractivity contribution in [1.82, 2.24) is 5.32 Å². The van der Waals surface area contributed by atoms with Gasteiger partial charge in [-0.2, -0.15) is 0 Å².